The highest BCUT2D eigenvalue weighted by Gasteiger charge is 2.36. The molecule has 0 saturated carbocycles. The number of carboxylic acid groups (broad SMARTS) is 1. The number of hydrogen-bond acceptors (Lipinski definition) is 4. The fourth-order valence-corrected chi connectivity index (χ4v) is 5.83. The zero-order valence-corrected chi connectivity index (χ0v) is 18.6. The van der Waals surface area contributed by atoms with Gasteiger partial charge in [-0.25, -0.2) is 0 Å². The summed E-state index contributed by atoms with van der Waals surface area (Å²) in [5, 5.41) is 9.68. The van der Waals surface area contributed by atoms with Crippen LogP contribution in [0.1, 0.15) is 41.5 Å². The highest BCUT2D eigenvalue weighted by molar-refractivity contribution is 8.00. The van der Waals surface area contributed by atoms with E-state index in [0.29, 0.717) is 6.04 Å². The first-order valence-electron chi connectivity index (χ1n) is 10.5. The smallest absolute Gasteiger partial charge is 0.307 e. The van der Waals surface area contributed by atoms with Crippen LogP contribution in [0.3, 0.4) is 0 Å². The molecule has 29 heavy (non-hydrogen) atoms. The van der Waals surface area contributed by atoms with Crippen molar-refractivity contribution in [2.24, 2.45) is 0 Å². The van der Waals surface area contributed by atoms with Crippen molar-refractivity contribution in [3.05, 3.63) is 46.5 Å². The average Bonchev–Trinajstić information content (AvgIpc) is 2.71. The third kappa shape index (κ3) is 3.50. The Hall–Kier alpha value is -2.14. The molecule has 0 spiro atoms. The van der Waals surface area contributed by atoms with Crippen LogP contribution in [0.2, 0.25) is 0 Å². The zero-order valence-electron chi connectivity index (χ0n) is 17.8. The van der Waals surface area contributed by atoms with Crippen LogP contribution in [0, 0.1) is 20.8 Å². The molecule has 4 nitrogen and oxygen atoms in total. The number of benzene rings is 2. The molecule has 2 aromatic carbocycles. The predicted octanol–water partition coefficient (Wildman–Crippen LogP) is 5.36. The van der Waals surface area contributed by atoms with E-state index in [-0.39, 0.29) is 6.42 Å². The number of nitrogens with zero attached hydrogens (tertiary/aromatic N) is 2. The topological polar surface area (TPSA) is 43.8 Å². The summed E-state index contributed by atoms with van der Waals surface area (Å²) in [5.74, 6) is -0.775. The van der Waals surface area contributed by atoms with E-state index in [1.807, 2.05) is 0 Å². The molecule has 1 atom stereocenters. The van der Waals surface area contributed by atoms with E-state index in [1.54, 1.807) is 11.9 Å². The Labute approximate surface area is 178 Å². The Morgan fingerprint density at radius 2 is 1.83 bits per heavy atom. The van der Waals surface area contributed by atoms with Crippen LogP contribution >= 0.6 is 11.9 Å². The fraction of sp³-hybridized carbons (Fsp3) is 0.458. The third-order valence-electron chi connectivity index (χ3n) is 6.49. The third-order valence-corrected chi connectivity index (χ3v) is 7.27. The molecule has 0 aromatic heterocycles. The lowest BCUT2D eigenvalue weighted by atomic mass is 9.85. The number of hydrogen-bond donors (Lipinski definition) is 1. The lowest BCUT2D eigenvalue weighted by Gasteiger charge is -2.48. The van der Waals surface area contributed by atoms with E-state index in [4.69, 9.17) is 0 Å². The summed E-state index contributed by atoms with van der Waals surface area (Å²) in [7, 11) is 0. The summed E-state index contributed by atoms with van der Waals surface area (Å²) >= 11 is 1.76. The van der Waals surface area contributed by atoms with E-state index >= 15 is 0 Å². The fourth-order valence-electron chi connectivity index (χ4n) is 5.10. The summed E-state index contributed by atoms with van der Waals surface area (Å²) in [6.45, 7) is 8.48. The molecule has 0 bridgehead atoms. The summed E-state index contributed by atoms with van der Waals surface area (Å²) in [5.41, 5.74) is 9.26. The summed E-state index contributed by atoms with van der Waals surface area (Å²) in [4.78, 5) is 14.4. The zero-order chi connectivity index (χ0) is 20.7. The molecule has 154 valence electrons. The normalized spacial score (nSPS) is 18.4. The van der Waals surface area contributed by atoms with Gasteiger partial charge < -0.3 is 14.3 Å². The second kappa shape index (κ2) is 7.94. The van der Waals surface area contributed by atoms with E-state index in [2.05, 4.69) is 60.5 Å². The number of anilines is 2. The minimum Gasteiger partial charge on any atom is -0.481 e. The van der Waals surface area contributed by atoms with Gasteiger partial charge in [-0.05, 0) is 67.9 Å². The largest absolute Gasteiger partial charge is 0.481 e. The first-order valence-corrected chi connectivity index (χ1v) is 11.6. The van der Waals surface area contributed by atoms with E-state index in [1.165, 1.54) is 41.8 Å². The molecule has 1 unspecified atom stereocenters. The minimum absolute atomic E-state index is 0.0504. The van der Waals surface area contributed by atoms with Crippen LogP contribution in [-0.2, 0) is 11.2 Å². The van der Waals surface area contributed by atoms with Crippen molar-refractivity contribution in [3.63, 3.8) is 0 Å². The van der Waals surface area contributed by atoms with Crippen LogP contribution < -0.4 is 9.21 Å². The Kier molecular flexibility index (Phi) is 5.52. The number of aryl methyl sites for hydroxylation is 1. The minimum atomic E-state index is -0.775. The summed E-state index contributed by atoms with van der Waals surface area (Å²) < 4.78 is 2.40. The van der Waals surface area contributed by atoms with Gasteiger partial charge in [0, 0.05) is 18.8 Å². The van der Waals surface area contributed by atoms with Crippen LogP contribution in [0.25, 0.3) is 11.1 Å². The molecule has 0 amide bonds. The van der Waals surface area contributed by atoms with E-state index in [0.717, 1.165) is 35.3 Å². The van der Waals surface area contributed by atoms with Gasteiger partial charge >= 0.3 is 5.97 Å². The lowest BCUT2D eigenvalue weighted by molar-refractivity contribution is -0.136. The predicted molar refractivity (Wildman–Crippen MR) is 123 cm³/mol. The number of rotatable bonds is 4. The lowest BCUT2D eigenvalue weighted by Crippen LogP contribution is -2.50. The Morgan fingerprint density at radius 1 is 1.10 bits per heavy atom. The van der Waals surface area contributed by atoms with Gasteiger partial charge in [-0.3, -0.25) is 4.79 Å². The van der Waals surface area contributed by atoms with Crippen LogP contribution in [0.4, 0.5) is 11.4 Å². The van der Waals surface area contributed by atoms with E-state index < -0.39 is 5.97 Å². The molecular weight excluding hydrogens is 380 g/mol. The van der Waals surface area contributed by atoms with Gasteiger partial charge in [0.15, 0.2) is 0 Å². The number of piperidine rings is 1. The maximum Gasteiger partial charge on any atom is 0.307 e. The van der Waals surface area contributed by atoms with Gasteiger partial charge in [-0.15, -0.1) is 0 Å². The first-order chi connectivity index (χ1) is 13.9. The van der Waals surface area contributed by atoms with Crippen molar-refractivity contribution in [3.8, 4) is 11.1 Å². The molecule has 0 radical (unpaired) electrons. The molecule has 4 rings (SSSR count). The van der Waals surface area contributed by atoms with Crippen molar-refractivity contribution in [1.82, 2.24) is 0 Å². The second-order valence-electron chi connectivity index (χ2n) is 8.32. The van der Waals surface area contributed by atoms with Gasteiger partial charge in [-0.1, -0.05) is 41.8 Å². The molecule has 1 N–H and O–H groups in total. The summed E-state index contributed by atoms with van der Waals surface area (Å²) in [6.07, 6.45) is 5.92. The average molecular weight is 411 g/mol. The Morgan fingerprint density at radius 3 is 2.48 bits per heavy atom. The van der Waals surface area contributed by atoms with Crippen molar-refractivity contribution in [1.29, 1.82) is 0 Å². The van der Waals surface area contributed by atoms with Gasteiger partial charge in [0.2, 0.25) is 0 Å². The van der Waals surface area contributed by atoms with Crippen molar-refractivity contribution < 1.29 is 9.90 Å². The van der Waals surface area contributed by atoms with Gasteiger partial charge in [0.1, 0.15) is 0 Å². The van der Waals surface area contributed by atoms with Crippen molar-refractivity contribution >= 4 is 29.3 Å². The van der Waals surface area contributed by atoms with E-state index in [9.17, 15) is 9.90 Å². The monoisotopic (exact) mass is 410 g/mol. The maximum atomic E-state index is 11.8. The number of aliphatic carboxylic acids is 1. The van der Waals surface area contributed by atoms with Crippen molar-refractivity contribution in [2.45, 2.75) is 52.5 Å². The maximum absolute atomic E-state index is 11.8. The molecule has 0 aliphatic carbocycles. The number of fused-ring (bicyclic) bond motifs is 3. The Bertz CT molecular complexity index is 939. The van der Waals surface area contributed by atoms with Gasteiger partial charge in [0.05, 0.1) is 24.3 Å². The molecule has 5 heteroatoms. The van der Waals surface area contributed by atoms with Gasteiger partial charge in [0.25, 0.3) is 0 Å². The van der Waals surface area contributed by atoms with Crippen LogP contribution in [0.15, 0.2) is 24.3 Å². The van der Waals surface area contributed by atoms with Crippen LogP contribution in [-0.4, -0.2) is 36.5 Å². The molecule has 2 heterocycles. The first kappa shape index (κ1) is 20.1. The quantitative estimate of drug-likeness (QED) is 0.687. The van der Waals surface area contributed by atoms with Gasteiger partial charge in [-0.2, -0.15) is 0 Å². The van der Waals surface area contributed by atoms with Crippen molar-refractivity contribution in [2.75, 3.05) is 28.6 Å². The summed E-state index contributed by atoms with van der Waals surface area (Å²) in [6, 6.07) is 9.05. The molecule has 2 aliphatic rings. The molecular formula is C24H30N2O2S. The number of carbonyl (C=O) groups is 1. The highest BCUT2D eigenvalue weighted by atomic mass is 32.2. The molecule has 1 fully saturated rings. The highest BCUT2D eigenvalue weighted by Crippen LogP contribution is 2.50. The number of carboxylic acids is 1. The second-order valence-corrected chi connectivity index (χ2v) is 9.13. The molecule has 2 aliphatic heterocycles. The standard InChI is InChI=1S/C24H30N2O2S/c1-15-8-10-18(11-9-15)22-17(3)23-24(16(2)20(22)13-21(27)28)26(29-4)14-19-7-5-6-12-25(19)23/h8-11,19H,5-7,12-14H2,1-4H3,(H,27,28). The molecule has 2 aromatic rings. The molecule has 1 saturated heterocycles. The van der Waals surface area contributed by atoms with Crippen LogP contribution in [0.5, 0.6) is 0 Å². The SMILES string of the molecule is CSN1CC2CCCCN2c2c(C)c(-c3ccc(C)cc3)c(CC(=O)O)c(C)c21. The Balaban J connectivity index is 2.01.